The number of benzene rings is 1. The molecule has 112 valence electrons. The van der Waals surface area contributed by atoms with Gasteiger partial charge in [0.2, 0.25) is 0 Å². The van der Waals surface area contributed by atoms with Gasteiger partial charge in [-0.3, -0.25) is 4.90 Å². The molecule has 1 aliphatic heterocycles. The van der Waals surface area contributed by atoms with E-state index >= 15 is 0 Å². The first-order valence-electron chi connectivity index (χ1n) is 7.69. The van der Waals surface area contributed by atoms with Crippen LogP contribution in [0.3, 0.4) is 0 Å². The Morgan fingerprint density at radius 3 is 2.40 bits per heavy atom. The van der Waals surface area contributed by atoms with Gasteiger partial charge in [0.05, 0.1) is 0 Å². The summed E-state index contributed by atoms with van der Waals surface area (Å²) >= 11 is 0. The van der Waals surface area contributed by atoms with Crippen molar-refractivity contribution >= 4 is 0 Å². The summed E-state index contributed by atoms with van der Waals surface area (Å²) in [7, 11) is 4.38. The van der Waals surface area contributed by atoms with Gasteiger partial charge in [0, 0.05) is 25.7 Å². The Morgan fingerprint density at radius 2 is 1.90 bits per heavy atom. The second kappa shape index (κ2) is 6.70. The summed E-state index contributed by atoms with van der Waals surface area (Å²) in [5.74, 6) is 1.20. The second-order valence-corrected chi connectivity index (χ2v) is 6.58. The molecule has 1 fully saturated rings. The lowest BCUT2D eigenvalue weighted by atomic mass is 10.00. The van der Waals surface area contributed by atoms with Crippen molar-refractivity contribution in [3.63, 3.8) is 0 Å². The van der Waals surface area contributed by atoms with Crippen molar-refractivity contribution in [2.75, 3.05) is 33.7 Å². The van der Waals surface area contributed by atoms with Crippen molar-refractivity contribution in [3.8, 4) is 0 Å². The van der Waals surface area contributed by atoms with E-state index in [-0.39, 0.29) is 0 Å². The number of likely N-dealkylation sites (N-methyl/N-ethyl adjacent to an activating group) is 1. The highest BCUT2D eigenvalue weighted by atomic mass is 15.2. The molecule has 0 radical (unpaired) electrons. The zero-order chi connectivity index (χ0) is 14.7. The van der Waals surface area contributed by atoms with Gasteiger partial charge in [-0.1, -0.05) is 38.1 Å². The highest BCUT2D eigenvalue weighted by Gasteiger charge is 2.30. The molecular weight excluding hydrogens is 246 g/mol. The molecule has 0 saturated carbocycles. The Bertz CT molecular complexity index is 413. The summed E-state index contributed by atoms with van der Waals surface area (Å²) in [6, 6.07) is 9.67. The molecule has 1 aromatic carbocycles. The van der Waals surface area contributed by atoms with Crippen LogP contribution in [0.4, 0.5) is 0 Å². The average Bonchev–Trinajstić information content (AvgIpc) is 2.79. The predicted octanol–water partition coefficient (Wildman–Crippen LogP) is 2.13. The number of nitrogens with zero attached hydrogens (tertiary/aromatic N) is 2. The van der Waals surface area contributed by atoms with Gasteiger partial charge in [-0.15, -0.1) is 0 Å². The monoisotopic (exact) mass is 275 g/mol. The predicted molar refractivity (Wildman–Crippen MR) is 85.8 cm³/mol. The third kappa shape index (κ3) is 3.60. The minimum atomic E-state index is 0.453. The number of hydrogen-bond acceptors (Lipinski definition) is 3. The fourth-order valence-corrected chi connectivity index (χ4v) is 3.20. The molecule has 3 nitrogen and oxygen atoms in total. The third-order valence-corrected chi connectivity index (χ3v) is 4.62. The van der Waals surface area contributed by atoms with Gasteiger partial charge in [0.1, 0.15) is 0 Å². The van der Waals surface area contributed by atoms with E-state index in [0.717, 1.165) is 12.5 Å². The van der Waals surface area contributed by atoms with E-state index in [1.54, 1.807) is 0 Å². The molecule has 3 unspecified atom stereocenters. The van der Waals surface area contributed by atoms with Crippen LogP contribution < -0.4 is 5.73 Å². The van der Waals surface area contributed by atoms with E-state index in [4.69, 9.17) is 5.73 Å². The van der Waals surface area contributed by atoms with Crippen LogP contribution in [-0.2, 0) is 6.54 Å². The van der Waals surface area contributed by atoms with Crippen molar-refractivity contribution in [2.24, 2.45) is 11.7 Å². The average molecular weight is 275 g/mol. The third-order valence-electron chi connectivity index (χ3n) is 4.62. The zero-order valence-corrected chi connectivity index (χ0v) is 13.3. The van der Waals surface area contributed by atoms with Gasteiger partial charge < -0.3 is 10.6 Å². The molecule has 1 heterocycles. The van der Waals surface area contributed by atoms with E-state index < -0.39 is 0 Å². The fraction of sp³-hybridized carbons (Fsp3) is 0.647. The van der Waals surface area contributed by atoms with Crippen molar-refractivity contribution in [3.05, 3.63) is 35.4 Å². The van der Waals surface area contributed by atoms with Crippen molar-refractivity contribution < 1.29 is 0 Å². The van der Waals surface area contributed by atoms with Gasteiger partial charge in [-0.05, 0) is 43.6 Å². The Labute approximate surface area is 123 Å². The van der Waals surface area contributed by atoms with Crippen LogP contribution in [0.5, 0.6) is 0 Å². The molecule has 0 aliphatic carbocycles. The van der Waals surface area contributed by atoms with Crippen molar-refractivity contribution in [1.82, 2.24) is 9.80 Å². The second-order valence-electron chi connectivity index (χ2n) is 6.58. The number of nitrogens with two attached hydrogens (primary N) is 1. The van der Waals surface area contributed by atoms with Crippen LogP contribution in [0.2, 0.25) is 0 Å². The largest absolute Gasteiger partial charge is 0.330 e. The molecule has 0 bridgehead atoms. The molecule has 2 N–H and O–H groups in total. The molecule has 3 heteroatoms. The Hall–Kier alpha value is -0.900. The highest BCUT2D eigenvalue weighted by molar-refractivity contribution is 5.25. The first-order valence-corrected chi connectivity index (χ1v) is 7.69. The Balaban J connectivity index is 1.94. The van der Waals surface area contributed by atoms with Gasteiger partial charge >= 0.3 is 0 Å². The molecule has 0 spiro atoms. The minimum Gasteiger partial charge on any atom is -0.330 e. The smallest absolute Gasteiger partial charge is 0.0254 e. The van der Waals surface area contributed by atoms with E-state index in [9.17, 15) is 0 Å². The van der Waals surface area contributed by atoms with Crippen LogP contribution in [0.1, 0.15) is 30.9 Å². The zero-order valence-electron chi connectivity index (χ0n) is 13.3. The molecule has 1 aromatic rings. The Morgan fingerprint density at radius 1 is 1.25 bits per heavy atom. The minimum absolute atomic E-state index is 0.453. The maximum atomic E-state index is 5.72. The molecule has 20 heavy (non-hydrogen) atoms. The summed E-state index contributed by atoms with van der Waals surface area (Å²) < 4.78 is 0. The van der Waals surface area contributed by atoms with Gasteiger partial charge in [0.25, 0.3) is 0 Å². The van der Waals surface area contributed by atoms with Crippen molar-refractivity contribution in [2.45, 2.75) is 32.4 Å². The summed E-state index contributed by atoms with van der Waals surface area (Å²) in [5, 5.41) is 0. The van der Waals surface area contributed by atoms with Crippen LogP contribution in [0.15, 0.2) is 24.3 Å². The van der Waals surface area contributed by atoms with Crippen LogP contribution >= 0.6 is 0 Å². The number of likely N-dealkylation sites (tertiary alicyclic amines) is 1. The number of hydrogen-bond donors (Lipinski definition) is 1. The quantitative estimate of drug-likeness (QED) is 0.893. The first-order chi connectivity index (χ1) is 9.51. The van der Waals surface area contributed by atoms with E-state index in [1.165, 1.54) is 24.2 Å². The summed E-state index contributed by atoms with van der Waals surface area (Å²) in [5.41, 5.74) is 8.47. The summed E-state index contributed by atoms with van der Waals surface area (Å²) in [6.45, 7) is 8.69. The fourth-order valence-electron chi connectivity index (χ4n) is 3.20. The van der Waals surface area contributed by atoms with Gasteiger partial charge in [-0.25, -0.2) is 0 Å². The molecule has 1 saturated heterocycles. The summed E-state index contributed by atoms with van der Waals surface area (Å²) in [4.78, 5) is 4.92. The maximum Gasteiger partial charge on any atom is 0.0254 e. The molecule has 0 amide bonds. The van der Waals surface area contributed by atoms with E-state index in [2.05, 4.69) is 62.0 Å². The lowest BCUT2D eigenvalue weighted by Gasteiger charge is -2.22. The normalized spacial score (nSPS) is 25.3. The van der Waals surface area contributed by atoms with Crippen LogP contribution in [0.25, 0.3) is 0 Å². The summed E-state index contributed by atoms with van der Waals surface area (Å²) in [6.07, 6.45) is 0. The maximum absolute atomic E-state index is 5.72. The lowest BCUT2D eigenvalue weighted by Crippen LogP contribution is -2.34. The lowest BCUT2D eigenvalue weighted by molar-refractivity contribution is 0.250. The van der Waals surface area contributed by atoms with E-state index in [0.29, 0.717) is 18.5 Å². The molecule has 3 atom stereocenters. The molecule has 1 aliphatic rings. The SMILES string of the molecule is CC(CN)c1ccc(CN2CC(C)C(N(C)C)C2)cc1. The molecule has 0 aromatic heterocycles. The van der Waals surface area contributed by atoms with Gasteiger partial charge in [0.15, 0.2) is 0 Å². The van der Waals surface area contributed by atoms with Crippen LogP contribution in [-0.4, -0.2) is 49.6 Å². The first kappa shape index (κ1) is 15.5. The van der Waals surface area contributed by atoms with E-state index in [1.807, 2.05) is 0 Å². The highest BCUT2D eigenvalue weighted by Crippen LogP contribution is 2.22. The number of rotatable bonds is 5. The molecular formula is C17H29N3. The molecule has 2 rings (SSSR count). The standard InChI is InChI=1S/C17H29N3/c1-13(9-18)16-7-5-15(6-8-16)11-20-10-14(2)17(12-20)19(3)4/h5-8,13-14,17H,9-12,18H2,1-4H3. The topological polar surface area (TPSA) is 32.5 Å². The van der Waals surface area contributed by atoms with Crippen molar-refractivity contribution in [1.29, 1.82) is 0 Å². The Kier molecular flexibility index (Phi) is 5.19. The van der Waals surface area contributed by atoms with Crippen LogP contribution in [0, 0.1) is 5.92 Å². The van der Waals surface area contributed by atoms with Gasteiger partial charge in [-0.2, -0.15) is 0 Å².